The number of rotatable bonds is 5. The minimum Gasteiger partial charge on any atom is -0.472 e. The molecule has 0 aliphatic carbocycles. The van der Waals surface area contributed by atoms with Gasteiger partial charge in [-0.05, 0) is 12.0 Å². The molecule has 0 spiro atoms. The van der Waals surface area contributed by atoms with Crippen molar-refractivity contribution in [2.24, 2.45) is 5.92 Å². The molecule has 1 aromatic heterocycles. The van der Waals surface area contributed by atoms with Gasteiger partial charge in [-0.3, -0.25) is 4.79 Å². The molecule has 78 valence electrons. The van der Waals surface area contributed by atoms with Gasteiger partial charge in [0, 0.05) is 6.54 Å². The van der Waals surface area contributed by atoms with Crippen LogP contribution in [0.3, 0.4) is 0 Å². The molecule has 0 atom stereocenters. The van der Waals surface area contributed by atoms with Crippen LogP contribution < -0.4 is 5.32 Å². The minimum absolute atomic E-state index is 0.0503. The summed E-state index contributed by atoms with van der Waals surface area (Å²) in [5, 5.41) is 2.89. The third-order valence-corrected chi connectivity index (χ3v) is 2.49. The molecule has 1 N–H and O–H groups in total. The molecular formula is C11H17NO2. The number of carbonyl (C=O) groups is 1. The first-order valence-electron chi connectivity index (χ1n) is 5.08. The number of furan rings is 1. The highest BCUT2D eigenvalue weighted by molar-refractivity contribution is 5.93. The van der Waals surface area contributed by atoms with Crippen molar-refractivity contribution in [1.82, 2.24) is 5.32 Å². The molecule has 0 aliphatic rings. The molecule has 1 amide bonds. The van der Waals surface area contributed by atoms with Crippen molar-refractivity contribution in [3.8, 4) is 0 Å². The van der Waals surface area contributed by atoms with E-state index in [0.717, 1.165) is 19.4 Å². The summed E-state index contributed by atoms with van der Waals surface area (Å²) in [4.78, 5) is 11.5. The van der Waals surface area contributed by atoms with Crippen LogP contribution in [0, 0.1) is 5.92 Å². The van der Waals surface area contributed by atoms with Gasteiger partial charge in [0.15, 0.2) is 0 Å². The Morgan fingerprint density at radius 2 is 2.21 bits per heavy atom. The summed E-state index contributed by atoms with van der Waals surface area (Å²) in [6.45, 7) is 5.02. The summed E-state index contributed by atoms with van der Waals surface area (Å²) >= 11 is 0. The van der Waals surface area contributed by atoms with Gasteiger partial charge in [-0.1, -0.05) is 26.7 Å². The summed E-state index contributed by atoms with van der Waals surface area (Å²) in [6, 6.07) is 1.67. The zero-order valence-corrected chi connectivity index (χ0v) is 8.75. The van der Waals surface area contributed by atoms with E-state index in [4.69, 9.17) is 4.42 Å². The molecule has 14 heavy (non-hydrogen) atoms. The van der Waals surface area contributed by atoms with E-state index in [1.807, 2.05) is 0 Å². The lowest BCUT2D eigenvalue weighted by molar-refractivity contribution is 0.0946. The van der Waals surface area contributed by atoms with E-state index in [0.29, 0.717) is 11.5 Å². The molecule has 0 radical (unpaired) electrons. The van der Waals surface area contributed by atoms with Crippen molar-refractivity contribution in [2.45, 2.75) is 26.7 Å². The molecule has 3 nitrogen and oxygen atoms in total. The number of hydrogen-bond acceptors (Lipinski definition) is 2. The summed E-state index contributed by atoms with van der Waals surface area (Å²) in [5.74, 6) is 0.525. The van der Waals surface area contributed by atoms with Gasteiger partial charge >= 0.3 is 0 Å². The Labute approximate surface area is 84.5 Å². The van der Waals surface area contributed by atoms with E-state index in [1.165, 1.54) is 12.5 Å². The minimum atomic E-state index is -0.0503. The molecule has 0 bridgehead atoms. The van der Waals surface area contributed by atoms with Gasteiger partial charge < -0.3 is 9.73 Å². The molecule has 0 fully saturated rings. The largest absolute Gasteiger partial charge is 0.472 e. The number of nitrogens with one attached hydrogen (secondary N) is 1. The maximum absolute atomic E-state index is 11.5. The fourth-order valence-electron chi connectivity index (χ4n) is 1.31. The van der Waals surface area contributed by atoms with Crippen LogP contribution in [0.1, 0.15) is 37.0 Å². The third-order valence-electron chi connectivity index (χ3n) is 2.49. The van der Waals surface area contributed by atoms with Crippen molar-refractivity contribution in [3.05, 3.63) is 24.2 Å². The van der Waals surface area contributed by atoms with Gasteiger partial charge in [-0.2, -0.15) is 0 Å². The van der Waals surface area contributed by atoms with Crippen LogP contribution in [0.15, 0.2) is 23.0 Å². The highest BCUT2D eigenvalue weighted by Crippen LogP contribution is 2.06. The Hall–Kier alpha value is -1.25. The number of hydrogen-bond donors (Lipinski definition) is 1. The monoisotopic (exact) mass is 195 g/mol. The van der Waals surface area contributed by atoms with E-state index in [2.05, 4.69) is 19.2 Å². The average molecular weight is 195 g/mol. The molecular weight excluding hydrogens is 178 g/mol. The van der Waals surface area contributed by atoms with Gasteiger partial charge in [0.05, 0.1) is 11.8 Å². The van der Waals surface area contributed by atoms with Crippen LogP contribution in [0.25, 0.3) is 0 Å². The number of carbonyl (C=O) groups excluding carboxylic acids is 1. The molecule has 3 heteroatoms. The summed E-state index contributed by atoms with van der Waals surface area (Å²) in [6.07, 6.45) is 5.17. The Kier molecular flexibility index (Phi) is 4.23. The first-order valence-corrected chi connectivity index (χ1v) is 5.08. The van der Waals surface area contributed by atoms with Crippen molar-refractivity contribution < 1.29 is 9.21 Å². The van der Waals surface area contributed by atoms with E-state index in [-0.39, 0.29) is 5.91 Å². The Morgan fingerprint density at radius 3 is 2.71 bits per heavy atom. The zero-order valence-electron chi connectivity index (χ0n) is 8.75. The fraction of sp³-hybridized carbons (Fsp3) is 0.545. The van der Waals surface area contributed by atoms with Gasteiger partial charge in [-0.15, -0.1) is 0 Å². The van der Waals surface area contributed by atoms with Gasteiger partial charge in [0.1, 0.15) is 6.26 Å². The fourth-order valence-corrected chi connectivity index (χ4v) is 1.31. The predicted octanol–water partition coefficient (Wildman–Crippen LogP) is 2.45. The van der Waals surface area contributed by atoms with Crippen molar-refractivity contribution in [3.63, 3.8) is 0 Å². The highest BCUT2D eigenvalue weighted by atomic mass is 16.3. The van der Waals surface area contributed by atoms with E-state index >= 15 is 0 Å². The summed E-state index contributed by atoms with van der Waals surface area (Å²) in [7, 11) is 0. The zero-order chi connectivity index (χ0) is 10.4. The molecule has 1 heterocycles. The average Bonchev–Trinajstić information content (AvgIpc) is 2.72. The van der Waals surface area contributed by atoms with Crippen LogP contribution in [0.4, 0.5) is 0 Å². The molecule has 0 unspecified atom stereocenters. The maximum Gasteiger partial charge on any atom is 0.254 e. The van der Waals surface area contributed by atoms with Crippen LogP contribution in [0.2, 0.25) is 0 Å². The van der Waals surface area contributed by atoms with Gasteiger partial charge in [0.2, 0.25) is 0 Å². The van der Waals surface area contributed by atoms with Crippen molar-refractivity contribution in [2.75, 3.05) is 6.54 Å². The molecule has 0 saturated heterocycles. The van der Waals surface area contributed by atoms with Crippen LogP contribution in [-0.2, 0) is 0 Å². The second kappa shape index (κ2) is 5.47. The Bertz CT molecular complexity index is 263. The SMILES string of the molecule is CCC(CC)CNC(=O)c1ccoc1. The molecule has 1 rings (SSSR count). The third kappa shape index (κ3) is 2.91. The smallest absolute Gasteiger partial charge is 0.254 e. The maximum atomic E-state index is 11.5. The lowest BCUT2D eigenvalue weighted by atomic mass is 10.0. The summed E-state index contributed by atoms with van der Waals surface area (Å²) in [5.41, 5.74) is 0.593. The van der Waals surface area contributed by atoms with Crippen molar-refractivity contribution in [1.29, 1.82) is 0 Å². The van der Waals surface area contributed by atoms with E-state index in [9.17, 15) is 4.79 Å². The quantitative estimate of drug-likeness (QED) is 0.784. The molecule has 0 aliphatic heterocycles. The highest BCUT2D eigenvalue weighted by Gasteiger charge is 2.08. The summed E-state index contributed by atoms with van der Waals surface area (Å²) < 4.78 is 4.83. The lowest BCUT2D eigenvalue weighted by Crippen LogP contribution is -2.28. The van der Waals surface area contributed by atoms with Gasteiger partial charge in [0.25, 0.3) is 5.91 Å². The Balaban J connectivity index is 2.35. The second-order valence-electron chi connectivity index (χ2n) is 3.40. The van der Waals surface area contributed by atoms with Crippen LogP contribution in [0.5, 0.6) is 0 Å². The molecule has 0 aromatic carbocycles. The normalized spacial score (nSPS) is 10.5. The van der Waals surface area contributed by atoms with E-state index in [1.54, 1.807) is 6.07 Å². The predicted molar refractivity (Wildman–Crippen MR) is 55.1 cm³/mol. The molecule has 0 saturated carbocycles. The van der Waals surface area contributed by atoms with Crippen LogP contribution >= 0.6 is 0 Å². The topological polar surface area (TPSA) is 42.2 Å². The second-order valence-corrected chi connectivity index (χ2v) is 3.40. The lowest BCUT2D eigenvalue weighted by Gasteiger charge is -2.12. The first kappa shape index (κ1) is 10.8. The van der Waals surface area contributed by atoms with Gasteiger partial charge in [-0.25, -0.2) is 0 Å². The number of amides is 1. The van der Waals surface area contributed by atoms with Crippen molar-refractivity contribution >= 4 is 5.91 Å². The molecule has 1 aromatic rings. The first-order chi connectivity index (χ1) is 6.77. The standard InChI is InChI=1S/C11H17NO2/c1-3-9(4-2)7-12-11(13)10-5-6-14-8-10/h5-6,8-9H,3-4,7H2,1-2H3,(H,12,13). The van der Waals surface area contributed by atoms with Crippen LogP contribution in [-0.4, -0.2) is 12.5 Å². The Morgan fingerprint density at radius 1 is 1.50 bits per heavy atom. The van der Waals surface area contributed by atoms with E-state index < -0.39 is 0 Å².